The maximum absolute atomic E-state index is 11.3. The van der Waals surface area contributed by atoms with Crippen molar-refractivity contribution in [3.05, 3.63) is 23.3 Å². The lowest BCUT2D eigenvalue weighted by Crippen LogP contribution is -2.11. The van der Waals surface area contributed by atoms with Gasteiger partial charge in [-0.05, 0) is 31.4 Å². The van der Waals surface area contributed by atoms with E-state index in [9.17, 15) is 4.79 Å². The second kappa shape index (κ2) is 4.82. The van der Waals surface area contributed by atoms with Crippen LogP contribution < -0.4 is 5.73 Å². The molecular weight excluding hydrogens is 166 g/mol. The Hall–Kier alpha value is -1.09. The summed E-state index contributed by atoms with van der Waals surface area (Å²) in [6.45, 7) is 0.570. The standard InChI is InChI=1S/C10H15NO2/c1-13-10(12)9-5-3-2-4-8(9)6-7-11/h2,4H,3,5-7,11H2,1H3. The summed E-state index contributed by atoms with van der Waals surface area (Å²) in [7, 11) is 1.41. The average Bonchev–Trinajstić information content (AvgIpc) is 2.18. The molecule has 2 N–H and O–H groups in total. The molecule has 0 unspecified atom stereocenters. The second-order valence-electron chi connectivity index (χ2n) is 2.98. The van der Waals surface area contributed by atoms with Gasteiger partial charge in [0.15, 0.2) is 0 Å². The normalized spacial score (nSPS) is 16.2. The van der Waals surface area contributed by atoms with E-state index >= 15 is 0 Å². The van der Waals surface area contributed by atoms with Gasteiger partial charge in [-0.1, -0.05) is 12.2 Å². The van der Waals surface area contributed by atoms with Crippen LogP contribution in [0.15, 0.2) is 23.3 Å². The molecule has 0 aromatic rings. The van der Waals surface area contributed by atoms with Crippen molar-refractivity contribution in [1.29, 1.82) is 0 Å². The average molecular weight is 181 g/mol. The minimum absolute atomic E-state index is 0.215. The van der Waals surface area contributed by atoms with Crippen LogP contribution in [0.4, 0.5) is 0 Å². The van der Waals surface area contributed by atoms with Crippen molar-refractivity contribution in [3.8, 4) is 0 Å². The first-order valence-electron chi connectivity index (χ1n) is 4.46. The summed E-state index contributed by atoms with van der Waals surface area (Å²) >= 11 is 0. The topological polar surface area (TPSA) is 52.3 Å². The van der Waals surface area contributed by atoms with E-state index in [2.05, 4.69) is 6.08 Å². The molecule has 3 nitrogen and oxygen atoms in total. The van der Waals surface area contributed by atoms with Gasteiger partial charge in [0.05, 0.1) is 7.11 Å². The molecule has 0 spiro atoms. The fourth-order valence-corrected chi connectivity index (χ4v) is 1.46. The molecule has 0 radical (unpaired) electrons. The Morgan fingerprint density at radius 3 is 3.08 bits per heavy atom. The summed E-state index contributed by atoms with van der Waals surface area (Å²) in [5.74, 6) is -0.215. The zero-order chi connectivity index (χ0) is 9.68. The lowest BCUT2D eigenvalue weighted by molar-refractivity contribution is -0.136. The van der Waals surface area contributed by atoms with E-state index in [0.717, 1.165) is 30.4 Å². The van der Waals surface area contributed by atoms with Crippen LogP contribution in [0.5, 0.6) is 0 Å². The molecule has 0 aliphatic heterocycles. The third-order valence-corrected chi connectivity index (χ3v) is 2.11. The SMILES string of the molecule is COC(=O)C1=C(CCN)C=CCC1. The highest BCUT2D eigenvalue weighted by molar-refractivity contribution is 5.90. The predicted molar refractivity (Wildman–Crippen MR) is 51.1 cm³/mol. The molecule has 0 fully saturated rings. The lowest BCUT2D eigenvalue weighted by Gasteiger charge is -2.13. The molecule has 0 atom stereocenters. The van der Waals surface area contributed by atoms with E-state index in [1.807, 2.05) is 6.08 Å². The van der Waals surface area contributed by atoms with E-state index in [1.54, 1.807) is 0 Å². The quantitative estimate of drug-likeness (QED) is 0.664. The number of esters is 1. The van der Waals surface area contributed by atoms with Gasteiger partial charge in [0.25, 0.3) is 0 Å². The largest absolute Gasteiger partial charge is 0.466 e. The first-order valence-corrected chi connectivity index (χ1v) is 4.46. The summed E-state index contributed by atoms with van der Waals surface area (Å²) in [5, 5.41) is 0. The molecule has 72 valence electrons. The molecule has 0 aromatic carbocycles. The van der Waals surface area contributed by atoms with Gasteiger partial charge in [-0.25, -0.2) is 4.79 Å². The highest BCUT2D eigenvalue weighted by Gasteiger charge is 2.15. The number of allylic oxidation sites excluding steroid dienone is 2. The summed E-state index contributed by atoms with van der Waals surface area (Å²) in [6.07, 6.45) is 6.48. The third kappa shape index (κ3) is 2.42. The number of methoxy groups -OCH3 is 1. The van der Waals surface area contributed by atoms with Gasteiger partial charge in [0.1, 0.15) is 0 Å². The Bertz CT molecular complexity index is 254. The van der Waals surface area contributed by atoms with Crippen LogP contribution in [0.25, 0.3) is 0 Å². The number of hydrogen-bond donors (Lipinski definition) is 1. The molecule has 0 amide bonds. The van der Waals surface area contributed by atoms with Crippen molar-refractivity contribution >= 4 is 5.97 Å². The zero-order valence-electron chi connectivity index (χ0n) is 7.88. The van der Waals surface area contributed by atoms with Crippen LogP contribution in [0, 0.1) is 0 Å². The second-order valence-corrected chi connectivity index (χ2v) is 2.98. The van der Waals surface area contributed by atoms with E-state index in [0.29, 0.717) is 6.54 Å². The molecule has 0 bridgehead atoms. The first-order chi connectivity index (χ1) is 6.29. The number of ether oxygens (including phenoxy) is 1. The van der Waals surface area contributed by atoms with Crippen LogP contribution in [-0.4, -0.2) is 19.6 Å². The Morgan fingerprint density at radius 2 is 2.46 bits per heavy atom. The smallest absolute Gasteiger partial charge is 0.334 e. The van der Waals surface area contributed by atoms with Crippen LogP contribution in [0.2, 0.25) is 0 Å². The van der Waals surface area contributed by atoms with Crippen molar-refractivity contribution in [3.63, 3.8) is 0 Å². The van der Waals surface area contributed by atoms with Gasteiger partial charge in [-0.3, -0.25) is 0 Å². The molecule has 1 aliphatic carbocycles. The van der Waals surface area contributed by atoms with Crippen LogP contribution >= 0.6 is 0 Å². The Kier molecular flexibility index (Phi) is 3.71. The van der Waals surface area contributed by atoms with Crippen LogP contribution in [-0.2, 0) is 9.53 Å². The van der Waals surface area contributed by atoms with E-state index in [-0.39, 0.29) is 5.97 Å². The van der Waals surface area contributed by atoms with Gasteiger partial charge in [-0.2, -0.15) is 0 Å². The maximum Gasteiger partial charge on any atom is 0.334 e. The number of hydrogen-bond acceptors (Lipinski definition) is 3. The fraction of sp³-hybridized carbons (Fsp3) is 0.500. The minimum Gasteiger partial charge on any atom is -0.466 e. The highest BCUT2D eigenvalue weighted by Crippen LogP contribution is 2.21. The minimum atomic E-state index is -0.215. The van der Waals surface area contributed by atoms with Crippen LogP contribution in [0.1, 0.15) is 19.3 Å². The number of carbonyl (C=O) groups is 1. The van der Waals surface area contributed by atoms with Gasteiger partial charge in [-0.15, -0.1) is 0 Å². The Labute approximate surface area is 78.3 Å². The van der Waals surface area contributed by atoms with Crippen molar-refractivity contribution in [2.75, 3.05) is 13.7 Å². The Balaban J connectivity index is 2.83. The van der Waals surface area contributed by atoms with Crippen molar-refractivity contribution < 1.29 is 9.53 Å². The molecule has 0 saturated carbocycles. The molecule has 13 heavy (non-hydrogen) atoms. The Morgan fingerprint density at radius 1 is 1.69 bits per heavy atom. The van der Waals surface area contributed by atoms with E-state index in [4.69, 9.17) is 10.5 Å². The zero-order valence-corrected chi connectivity index (χ0v) is 7.88. The molecule has 0 saturated heterocycles. The highest BCUT2D eigenvalue weighted by atomic mass is 16.5. The van der Waals surface area contributed by atoms with E-state index in [1.165, 1.54) is 7.11 Å². The maximum atomic E-state index is 11.3. The fourth-order valence-electron chi connectivity index (χ4n) is 1.46. The molecule has 1 rings (SSSR count). The number of nitrogens with two attached hydrogens (primary N) is 1. The van der Waals surface area contributed by atoms with Crippen LogP contribution in [0.3, 0.4) is 0 Å². The van der Waals surface area contributed by atoms with Gasteiger partial charge in [0, 0.05) is 5.57 Å². The number of rotatable bonds is 3. The molecular formula is C10H15NO2. The lowest BCUT2D eigenvalue weighted by atomic mass is 9.95. The molecule has 3 heteroatoms. The van der Waals surface area contributed by atoms with Gasteiger partial charge >= 0.3 is 5.97 Å². The third-order valence-electron chi connectivity index (χ3n) is 2.11. The summed E-state index contributed by atoms with van der Waals surface area (Å²) in [6, 6.07) is 0. The molecule has 1 aliphatic rings. The van der Waals surface area contributed by atoms with Crippen molar-refractivity contribution in [1.82, 2.24) is 0 Å². The summed E-state index contributed by atoms with van der Waals surface area (Å²) in [5.41, 5.74) is 7.26. The first kappa shape index (κ1) is 9.99. The summed E-state index contributed by atoms with van der Waals surface area (Å²) < 4.78 is 4.69. The number of carbonyl (C=O) groups excluding carboxylic acids is 1. The molecule has 0 heterocycles. The summed E-state index contributed by atoms with van der Waals surface area (Å²) in [4.78, 5) is 11.3. The van der Waals surface area contributed by atoms with E-state index < -0.39 is 0 Å². The van der Waals surface area contributed by atoms with Gasteiger partial charge in [0.2, 0.25) is 0 Å². The molecule has 0 aromatic heterocycles. The monoisotopic (exact) mass is 181 g/mol. The van der Waals surface area contributed by atoms with Crippen molar-refractivity contribution in [2.24, 2.45) is 5.73 Å². The van der Waals surface area contributed by atoms with Crippen molar-refractivity contribution in [2.45, 2.75) is 19.3 Å². The van der Waals surface area contributed by atoms with Gasteiger partial charge < -0.3 is 10.5 Å². The predicted octanol–water partition coefficient (Wildman–Crippen LogP) is 1.15.